The Morgan fingerprint density at radius 3 is 2.35 bits per heavy atom. The van der Waals surface area contributed by atoms with Crippen molar-refractivity contribution in [2.75, 3.05) is 18.6 Å². The molecule has 1 amide bonds. The molecular weight excluding hydrogens is 242 g/mol. The number of hydrogen-bond donors (Lipinski definition) is 1. The highest BCUT2D eigenvalue weighted by Crippen LogP contribution is 2.21. The van der Waals surface area contributed by atoms with Gasteiger partial charge in [0.25, 0.3) is 0 Å². The Morgan fingerprint density at radius 2 is 1.82 bits per heavy atom. The fraction of sp³-hybridized carbons (Fsp3) is 0.818. The van der Waals surface area contributed by atoms with E-state index in [1.54, 1.807) is 11.9 Å². The van der Waals surface area contributed by atoms with Crippen molar-refractivity contribution in [3.8, 4) is 0 Å². The first kappa shape index (κ1) is 14.2. The lowest BCUT2D eigenvalue weighted by atomic mass is 9.94. The summed E-state index contributed by atoms with van der Waals surface area (Å²) < 4.78 is 11.3. The Labute approximate surface area is 104 Å². The summed E-state index contributed by atoms with van der Waals surface area (Å²) in [4.78, 5) is 23.8. The van der Waals surface area contributed by atoms with Gasteiger partial charge in [-0.05, 0) is 12.8 Å². The SMILES string of the molecule is CN(C(=O)CS(=O)CC(=O)O)C1CCCCC1. The molecule has 1 atom stereocenters. The van der Waals surface area contributed by atoms with E-state index in [9.17, 15) is 13.8 Å². The van der Waals surface area contributed by atoms with Crippen molar-refractivity contribution in [3.05, 3.63) is 0 Å². The van der Waals surface area contributed by atoms with E-state index in [4.69, 9.17) is 5.11 Å². The average Bonchev–Trinajstić information content (AvgIpc) is 2.28. The fourth-order valence-electron chi connectivity index (χ4n) is 2.10. The number of aliphatic carboxylic acids is 1. The van der Waals surface area contributed by atoms with Crippen LogP contribution in [0.3, 0.4) is 0 Å². The van der Waals surface area contributed by atoms with Crippen LogP contribution < -0.4 is 0 Å². The maximum atomic E-state index is 11.8. The second kappa shape index (κ2) is 6.74. The van der Waals surface area contributed by atoms with Crippen molar-refractivity contribution in [2.24, 2.45) is 0 Å². The summed E-state index contributed by atoms with van der Waals surface area (Å²) in [6, 6.07) is 0.234. The van der Waals surface area contributed by atoms with Gasteiger partial charge in [0.1, 0.15) is 11.5 Å². The van der Waals surface area contributed by atoms with Gasteiger partial charge >= 0.3 is 5.97 Å². The number of carboxylic acids is 1. The van der Waals surface area contributed by atoms with Crippen molar-refractivity contribution < 1.29 is 18.9 Å². The molecule has 0 aromatic rings. The predicted octanol–water partition coefficient (Wildman–Crippen LogP) is 0.611. The molecule has 1 aliphatic rings. The Balaban J connectivity index is 2.40. The van der Waals surface area contributed by atoms with Crippen LogP contribution in [0.2, 0.25) is 0 Å². The highest BCUT2D eigenvalue weighted by Gasteiger charge is 2.23. The van der Waals surface area contributed by atoms with Crippen LogP contribution in [0.25, 0.3) is 0 Å². The fourth-order valence-corrected chi connectivity index (χ4v) is 2.96. The first-order chi connectivity index (χ1) is 8.00. The highest BCUT2D eigenvalue weighted by molar-refractivity contribution is 7.86. The Bertz CT molecular complexity index is 313. The number of nitrogens with zero attached hydrogens (tertiary/aromatic N) is 1. The summed E-state index contributed by atoms with van der Waals surface area (Å²) in [7, 11) is 0.123. The van der Waals surface area contributed by atoms with Gasteiger partial charge in [-0.3, -0.25) is 13.8 Å². The minimum Gasteiger partial charge on any atom is -0.481 e. The quantitative estimate of drug-likeness (QED) is 0.787. The van der Waals surface area contributed by atoms with Crippen molar-refractivity contribution in [1.29, 1.82) is 0 Å². The normalized spacial score (nSPS) is 18.6. The van der Waals surface area contributed by atoms with Crippen LogP contribution in [0, 0.1) is 0 Å². The van der Waals surface area contributed by atoms with E-state index in [0.717, 1.165) is 25.7 Å². The third kappa shape index (κ3) is 4.85. The number of carbonyl (C=O) groups is 2. The number of amides is 1. The van der Waals surface area contributed by atoms with Gasteiger partial charge in [-0.1, -0.05) is 19.3 Å². The van der Waals surface area contributed by atoms with Crippen LogP contribution >= 0.6 is 0 Å². The van der Waals surface area contributed by atoms with Gasteiger partial charge in [-0.2, -0.15) is 0 Å². The Kier molecular flexibility index (Phi) is 5.61. The van der Waals surface area contributed by atoms with Gasteiger partial charge < -0.3 is 10.0 Å². The maximum Gasteiger partial charge on any atom is 0.316 e. The molecule has 0 aliphatic heterocycles. The van der Waals surface area contributed by atoms with Crippen LogP contribution in [-0.2, 0) is 20.4 Å². The summed E-state index contributed by atoms with van der Waals surface area (Å²) in [6.07, 6.45) is 5.45. The van der Waals surface area contributed by atoms with Crippen molar-refractivity contribution in [2.45, 2.75) is 38.1 Å². The van der Waals surface area contributed by atoms with E-state index in [2.05, 4.69) is 0 Å². The molecule has 17 heavy (non-hydrogen) atoms. The average molecular weight is 261 g/mol. The van der Waals surface area contributed by atoms with Crippen LogP contribution in [0.1, 0.15) is 32.1 Å². The van der Waals surface area contributed by atoms with Gasteiger partial charge in [0.15, 0.2) is 0 Å². The topological polar surface area (TPSA) is 74.7 Å². The standard InChI is InChI=1S/C11H19NO4S/c1-12(9-5-3-2-4-6-9)10(13)7-17(16)8-11(14)15/h9H,2-8H2,1H3,(H,14,15). The summed E-state index contributed by atoms with van der Waals surface area (Å²) in [5, 5.41) is 8.47. The molecule has 0 bridgehead atoms. The Hall–Kier alpha value is -0.910. The molecule has 1 aliphatic carbocycles. The maximum absolute atomic E-state index is 11.8. The number of hydrogen-bond acceptors (Lipinski definition) is 3. The molecular formula is C11H19NO4S. The monoisotopic (exact) mass is 261 g/mol. The summed E-state index contributed by atoms with van der Waals surface area (Å²) in [5.41, 5.74) is 0. The van der Waals surface area contributed by atoms with E-state index in [-0.39, 0.29) is 17.7 Å². The number of carboxylic acid groups (broad SMARTS) is 1. The van der Waals surface area contributed by atoms with Crippen molar-refractivity contribution >= 4 is 22.7 Å². The molecule has 0 aromatic carbocycles. The summed E-state index contributed by atoms with van der Waals surface area (Å²) in [5.74, 6) is -1.98. The van der Waals surface area contributed by atoms with E-state index < -0.39 is 22.5 Å². The minimum absolute atomic E-state index is 0.181. The molecule has 0 radical (unpaired) electrons. The van der Waals surface area contributed by atoms with Crippen LogP contribution in [0.5, 0.6) is 0 Å². The second-order valence-electron chi connectivity index (χ2n) is 4.42. The zero-order valence-corrected chi connectivity index (χ0v) is 10.9. The third-order valence-electron chi connectivity index (χ3n) is 3.08. The van der Waals surface area contributed by atoms with Gasteiger partial charge in [-0.15, -0.1) is 0 Å². The second-order valence-corrected chi connectivity index (χ2v) is 5.88. The smallest absolute Gasteiger partial charge is 0.316 e. The molecule has 0 aromatic heterocycles. The number of carbonyl (C=O) groups excluding carboxylic acids is 1. The van der Waals surface area contributed by atoms with E-state index in [0.29, 0.717) is 0 Å². The molecule has 1 N–H and O–H groups in total. The zero-order chi connectivity index (χ0) is 12.8. The predicted molar refractivity (Wildman–Crippen MR) is 65.2 cm³/mol. The summed E-state index contributed by atoms with van der Waals surface area (Å²) >= 11 is 0. The molecule has 1 rings (SSSR count). The van der Waals surface area contributed by atoms with E-state index in [1.807, 2.05) is 0 Å². The van der Waals surface area contributed by atoms with Crippen LogP contribution in [0.4, 0.5) is 0 Å². The largest absolute Gasteiger partial charge is 0.481 e. The van der Waals surface area contributed by atoms with Gasteiger partial charge in [0.2, 0.25) is 5.91 Å². The first-order valence-corrected chi connectivity index (χ1v) is 7.32. The van der Waals surface area contributed by atoms with Crippen LogP contribution in [-0.4, -0.2) is 50.7 Å². The molecule has 98 valence electrons. The molecule has 1 saturated carbocycles. The molecule has 0 heterocycles. The lowest BCUT2D eigenvalue weighted by Crippen LogP contribution is -2.41. The van der Waals surface area contributed by atoms with Gasteiger partial charge in [0.05, 0.1) is 0 Å². The summed E-state index contributed by atoms with van der Waals surface area (Å²) in [6.45, 7) is 0. The van der Waals surface area contributed by atoms with Crippen molar-refractivity contribution in [1.82, 2.24) is 4.90 Å². The lowest BCUT2D eigenvalue weighted by molar-refractivity contribution is -0.134. The molecule has 5 nitrogen and oxygen atoms in total. The third-order valence-corrected chi connectivity index (χ3v) is 4.22. The molecule has 0 saturated heterocycles. The van der Waals surface area contributed by atoms with Crippen molar-refractivity contribution in [3.63, 3.8) is 0 Å². The first-order valence-electron chi connectivity index (χ1n) is 5.83. The minimum atomic E-state index is -1.60. The van der Waals surface area contributed by atoms with Crippen LogP contribution in [0.15, 0.2) is 0 Å². The van der Waals surface area contributed by atoms with E-state index >= 15 is 0 Å². The molecule has 1 unspecified atom stereocenters. The zero-order valence-electron chi connectivity index (χ0n) is 10.1. The molecule has 1 fully saturated rings. The molecule has 0 spiro atoms. The lowest BCUT2D eigenvalue weighted by Gasteiger charge is -2.31. The number of rotatable bonds is 5. The molecule has 6 heteroatoms. The highest BCUT2D eigenvalue weighted by atomic mass is 32.2. The van der Waals surface area contributed by atoms with Gasteiger partial charge in [-0.25, -0.2) is 0 Å². The van der Waals surface area contributed by atoms with Gasteiger partial charge in [0, 0.05) is 23.9 Å². The van der Waals surface area contributed by atoms with E-state index in [1.165, 1.54) is 6.42 Å². The Morgan fingerprint density at radius 1 is 1.24 bits per heavy atom.